The monoisotopic (exact) mass is 316 g/mol. The highest BCUT2D eigenvalue weighted by molar-refractivity contribution is 9.10. The highest BCUT2D eigenvalue weighted by Gasteiger charge is 2.18. The predicted octanol–water partition coefficient (Wildman–Crippen LogP) is 4.51. The Kier molecular flexibility index (Phi) is 4.69. The summed E-state index contributed by atoms with van der Waals surface area (Å²) in [7, 11) is 0. The van der Waals surface area contributed by atoms with Crippen LogP contribution in [0.2, 0.25) is 5.02 Å². The standard InChI is InChI=1S/C13H18BrClN2/c1-2-10-4-3-6-17(7-5-10)13-12(14)8-11(15)9-16-13/h8-10H,2-7H2,1H3. The number of hydrogen-bond donors (Lipinski definition) is 0. The third kappa shape index (κ3) is 3.35. The van der Waals surface area contributed by atoms with E-state index in [-0.39, 0.29) is 0 Å². The van der Waals surface area contributed by atoms with Gasteiger partial charge >= 0.3 is 0 Å². The van der Waals surface area contributed by atoms with E-state index < -0.39 is 0 Å². The molecule has 0 N–H and O–H groups in total. The second kappa shape index (κ2) is 6.05. The van der Waals surface area contributed by atoms with Gasteiger partial charge in [0.05, 0.1) is 9.50 Å². The summed E-state index contributed by atoms with van der Waals surface area (Å²) in [6.07, 6.45) is 6.90. The minimum absolute atomic E-state index is 0.682. The number of pyridine rings is 1. The van der Waals surface area contributed by atoms with Gasteiger partial charge in [-0.25, -0.2) is 4.98 Å². The van der Waals surface area contributed by atoms with E-state index in [0.717, 1.165) is 29.3 Å². The summed E-state index contributed by atoms with van der Waals surface area (Å²) in [5.41, 5.74) is 0. The first-order valence-corrected chi connectivity index (χ1v) is 7.43. The fourth-order valence-electron chi connectivity index (χ4n) is 2.43. The maximum Gasteiger partial charge on any atom is 0.142 e. The van der Waals surface area contributed by atoms with Crippen LogP contribution in [0, 0.1) is 5.92 Å². The molecule has 0 amide bonds. The predicted molar refractivity (Wildman–Crippen MR) is 76.8 cm³/mol. The molecule has 0 bridgehead atoms. The molecule has 1 atom stereocenters. The zero-order chi connectivity index (χ0) is 12.3. The lowest BCUT2D eigenvalue weighted by Gasteiger charge is -2.22. The molecule has 2 rings (SSSR count). The Bertz CT molecular complexity index is 384. The van der Waals surface area contributed by atoms with E-state index in [2.05, 4.69) is 32.7 Å². The Balaban J connectivity index is 2.11. The van der Waals surface area contributed by atoms with E-state index in [1.54, 1.807) is 6.20 Å². The van der Waals surface area contributed by atoms with Crippen LogP contribution in [-0.4, -0.2) is 18.1 Å². The lowest BCUT2D eigenvalue weighted by atomic mass is 9.98. The minimum atomic E-state index is 0.682. The molecule has 4 heteroatoms. The van der Waals surface area contributed by atoms with Crippen molar-refractivity contribution in [2.75, 3.05) is 18.0 Å². The van der Waals surface area contributed by atoms with Crippen molar-refractivity contribution >= 4 is 33.3 Å². The molecule has 1 unspecified atom stereocenters. The van der Waals surface area contributed by atoms with Gasteiger partial charge in [-0.3, -0.25) is 0 Å². The van der Waals surface area contributed by atoms with Crippen LogP contribution in [-0.2, 0) is 0 Å². The van der Waals surface area contributed by atoms with E-state index in [4.69, 9.17) is 11.6 Å². The highest BCUT2D eigenvalue weighted by atomic mass is 79.9. The zero-order valence-electron chi connectivity index (χ0n) is 10.1. The van der Waals surface area contributed by atoms with E-state index in [1.807, 2.05) is 6.07 Å². The normalized spacial score (nSPS) is 21.4. The molecule has 1 aromatic rings. The third-order valence-corrected chi connectivity index (χ3v) is 4.30. The SMILES string of the molecule is CCC1CCCN(c2ncc(Cl)cc2Br)CC1. The van der Waals surface area contributed by atoms with Crippen LogP contribution in [0.1, 0.15) is 32.6 Å². The number of hydrogen-bond acceptors (Lipinski definition) is 2. The van der Waals surface area contributed by atoms with Crippen molar-refractivity contribution in [2.24, 2.45) is 5.92 Å². The van der Waals surface area contributed by atoms with Crippen molar-refractivity contribution in [3.05, 3.63) is 21.8 Å². The van der Waals surface area contributed by atoms with Crippen LogP contribution in [0.5, 0.6) is 0 Å². The van der Waals surface area contributed by atoms with Crippen molar-refractivity contribution in [1.29, 1.82) is 0 Å². The van der Waals surface area contributed by atoms with Gasteiger partial charge in [-0.2, -0.15) is 0 Å². The molecule has 0 radical (unpaired) electrons. The molecule has 1 saturated heterocycles. The van der Waals surface area contributed by atoms with Crippen molar-refractivity contribution < 1.29 is 0 Å². The number of nitrogens with zero attached hydrogens (tertiary/aromatic N) is 2. The molecule has 0 aromatic carbocycles. The Hall–Kier alpha value is -0.280. The fourth-order valence-corrected chi connectivity index (χ4v) is 3.31. The largest absolute Gasteiger partial charge is 0.356 e. The molecule has 0 saturated carbocycles. The quantitative estimate of drug-likeness (QED) is 0.797. The van der Waals surface area contributed by atoms with Gasteiger partial charge in [0.1, 0.15) is 5.82 Å². The molecule has 0 aliphatic carbocycles. The van der Waals surface area contributed by atoms with E-state index >= 15 is 0 Å². The Morgan fingerprint density at radius 2 is 2.29 bits per heavy atom. The summed E-state index contributed by atoms with van der Waals surface area (Å²) in [5.74, 6) is 1.91. The molecule has 94 valence electrons. The highest BCUT2D eigenvalue weighted by Crippen LogP contribution is 2.29. The maximum atomic E-state index is 5.92. The van der Waals surface area contributed by atoms with Gasteiger partial charge < -0.3 is 4.90 Å². The summed E-state index contributed by atoms with van der Waals surface area (Å²) >= 11 is 9.47. The molecular weight excluding hydrogens is 300 g/mol. The smallest absolute Gasteiger partial charge is 0.142 e. The molecule has 1 aliphatic rings. The molecule has 17 heavy (non-hydrogen) atoms. The van der Waals surface area contributed by atoms with Gasteiger partial charge in [0.25, 0.3) is 0 Å². The van der Waals surface area contributed by atoms with Gasteiger partial charge in [0, 0.05) is 19.3 Å². The van der Waals surface area contributed by atoms with Crippen LogP contribution >= 0.6 is 27.5 Å². The lowest BCUT2D eigenvalue weighted by Crippen LogP contribution is -2.25. The van der Waals surface area contributed by atoms with Crippen LogP contribution in [0.15, 0.2) is 16.7 Å². The molecule has 1 aliphatic heterocycles. The second-order valence-electron chi connectivity index (χ2n) is 4.65. The van der Waals surface area contributed by atoms with Crippen molar-refractivity contribution in [3.63, 3.8) is 0 Å². The van der Waals surface area contributed by atoms with E-state index in [0.29, 0.717) is 5.02 Å². The first-order valence-electron chi connectivity index (χ1n) is 6.26. The molecule has 1 fully saturated rings. The molecule has 1 aromatic heterocycles. The van der Waals surface area contributed by atoms with Crippen LogP contribution < -0.4 is 4.90 Å². The summed E-state index contributed by atoms with van der Waals surface area (Å²) in [6, 6.07) is 1.92. The van der Waals surface area contributed by atoms with Crippen molar-refractivity contribution in [1.82, 2.24) is 4.98 Å². The number of aromatic nitrogens is 1. The lowest BCUT2D eigenvalue weighted by molar-refractivity contribution is 0.459. The molecule has 2 heterocycles. The molecule has 0 spiro atoms. The summed E-state index contributed by atoms with van der Waals surface area (Å²) in [5, 5.41) is 0.682. The minimum Gasteiger partial charge on any atom is -0.356 e. The zero-order valence-corrected chi connectivity index (χ0v) is 12.5. The van der Waals surface area contributed by atoms with Gasteiger partial charge in [-0.05, 0) is 47.2 Å². The number of halogens is 2. The summed E-state index contributed by atoms with van der Waals surface area (Å²) < 4.78 is 1.000. The number of rotatable bonds is 2. The Morgan fingerprint density at radius 3 is 3.00 bits per heavy atom. The maximum absolute atomic E-state index is 5.92. The van der Waals surface area contributed by atoms with E-state index in [1.165, 1.54) is 25.7 Å². The van der Waals surface area contributed by atoms with Crippen LogP contribution in [0.3, 0.4) is 0 Å². The van der Waals surface area contributed by atoms with E-state index in [9.17, 15) is 0 Å². The Labute approximate surface area is 116 Å². The summed E-state index contributed by atoms with van der Waals surface area (Å²) in [4.78, 5) is 6.81. The van der Waals surface area contributed by atoms with Gasteiger partial charge in [-0.1, -0.05) is 24.9 Å². The van der Waals surface area contributed by atoms with Gasteiger partial charge in [-0.15, -0.1) is 0 Å². The average molecular weight is 318 g/mol. The number of anilines is 1. The fraction of sp³-hybridized carbons (Fsp3) is 0.615. The molecular formula is C13H18BrClN2. The average Bonchev–Trinajstić information content (AvgIpc) is 2.54. The first-order chi connectivity index (χ1) is 8.20. The molecule has 2 nitrogen and oxygen atoms in total. The van der Waals surface area contributed by atoms with Crippen LogP contribution in [0.25, 0.3) is 0 Å². The van der Waals surface area contributed by atoms with Gasteiger partial charge in [0.15, 0.2) is 0 Å². The van der Waals surface area contributed by atoms with Crippen molar-refractivity contribution in [3.8, 4) is 0 Å². The topological polar surface area (TPSA) is 16.1 Å². The summed E-state index contributed by atoms with van der Waals surface area (Å²) in [6.45, 7) is 4.49. The Morgan fingerprint density at radius 1 is 1.47 bits per heavy atom. The second-order valence-corrected chi connectivity index (χ2v) is 5.94. The van der Waals surface area contributed by atoms with Gasteiger partial charge in [0.2, 0.25) is 0 Å². The third-order valence-electron chi connectivity index (χ3n) is 3.51. The van der Waals surface area contributed by atoms with Crippen molar-refractivity contribution in [2.45, 2.75) is 32.6 Å². The van der Waals surface area contributed by atoms with Crippen LogP contribution in [0.4, 0.5) is 5.82 Å². The first kappa shape index (κ1) is 13.2.